The van der Waals surface area contributed by atoms with Crippen molar-refractivity contribution in [3.63, 3.8) is 0 Å². The molecule has 0 aliphatic carbocycles. The predicted octanol–water partition coefficient (Wildman–Crippen LogP) is 3.60. The Hall–Kier alpha value is -2.88. The highest BCUT2D eigenvalue weighted by Gasteiger charge is 2.15. The molecule has 0 radical (unpaired) electrons. The Bertz CT molecular complexity index is 773. The van der Waals surface area contributed by atoms with Gasteiger partial charge < -0.3 is 10.6 Å². The minimum atomic E-state index is -0.309. The second kappa shape index (κ2) is 8.29. The van der Waals surface area contributed by atoms with Crippen molar-refractivity contribution in [3.8, 4) is 0 Å². The summed E-state index contributed by atoms with van der Waals surface area (Å²) < 4.78 is 0. The van der Waals surface area contributed by atoms with Crippen LogP contribution in [0.1, 0.15) is 40.9 Å². The van der Waals surface area contributed by atoms with Crippen molar-refractivity contribution in [2.45, 2.75) is 33.7 Å². The van der Waals surface area contributed by atoms with Gasteiger partial charge in [-0.05, 0) is 51.5 Å². The minimum absolute atomic E-state index is 0.0230. The Morgan fingerprint density at radius 3 is 1.92 bits per heavy atom. The topological polar surface area (TPSA) is 58.2 Å². The van der Waals surface area contributed by atoms with E-state index in [1.165, 1.54) is 0 Å². The lowest BCUT2D eigenvalue weighted by Crippen LogP contribution is -2.38. The SMILES string of the molecule is Cc1ccc(/C=C(\NC(=O)c2ccc(C)cc2)C(=O)NC(C)C)cc1. The van der Waals surface area contributed by atoms with Gasteiger partial charge in [-0.15, -0.1) is 0 Å². The van der Waals surface area contributed by atoms with Gasteiger partial charge in [0.05, 0.1) is 0 Å². The van der Waals surface area contributed by atoms with E-state index >= 15 is 0 Å². The van der Waals surface area contributed by atoms with Crippen LogP contribution in [0.5, 0.6) is 0 Å². The predicted molar refractivity (Wildman–Crippen MR) is 101 cm³/mol. The number of nitrogens with one attached hydrogen (secondary N) is 2. The van der Waals surface area contributed by atoms with E-state index in [4.69, 9.17) is 0 Å². The number of hydrogen-bond acceptors (Lipinski definition) is 2. The first-order valence-corrected chi connectivity index (χ1v) is 8.32. The Morgan fingerprint density at radius 1 is 0.880 bits per heavy atom. The third kappa shape index (κ3) is 5.60. The summed E-state index contributed by atoms with van der Waals surface area (Å²) in [5.41, 5.74) is 3.79. The van der Waals surface area contributed by atoms with Crippen molar-refractivity contribution in [2.75, 3.05) is 0 Å². The van der Waals surface area contributed by atoms with Crippen LogP contribution in [0.3, 0.4) is 0 Å². The van der Waals surface area contributed by atoms with Crippen molar-refractivity contribution in [2.24, 2.45) is 0 Å². The van der Waals surface area contributed by atoms with Crippen LogP contribution in [-0.4, -0.2) is 17.9 Å². The van der Waals surface area contributed by atoms with E-state index in [1.54, 1.807) is 18.2 Å². The monoisotopic (exact) mass is 336 g/mol. The summed E-state index contributed by atoms with van der Waals surface area (Å²) in [4.78, 5) is 24.9. The molecule has 0 unspecified atom stereocenters. The maximum atomic E-state index is 12.5. The summed E-state index contributed by atoms with van der Waals surface area (Å²) in [6.45, 7) is 7.71. The van der Waals surface area contributed by atoms with Gasteiger partial charge in [-0.25, -0.2) is 0 Å². The summed E-state index contributed by atoms with van der Waals surface area (Å²) in [6, 6.07) is 15.0. The quantitative estimate of drug-likeness (QED) is 0.820. The van der Waals surface area contributed by atoms with Crippen molar-refractivity contribution in [1.29, 1.82) is 0 Å². The van der Waals surface area contributed by atoms with E-state index < -0.39 is 0 Å². The van der Waals surface area contributed by atoms with Crippen molar-refractivity contribution >= 4 is 17.9 Å². The van der Waals surface area contributed by atoms with E-state index in [1.807, 2.05) is 64.1 Å². The molecule has 0 bridgehead atoms. The summed E-state index contributed by atoms with van der Waals surface area (Å²) in [5, 5.41) is 5.55. The lowest BCUT2D eigenvalue weighted by atomic mass is 10.1. The van der Waals surface area contributed by atoms with Gasteiger partial charge in [0.25, 0.3) is 11.8 Å². The first-order valence-electron chi connectivity index (χ1n) is 8.32. The molecule has 2 aromatic rings. The van der Waals surface area contributed by atoms with Crippen LogP contribution in [0, 0.1) is 13.8 Å². The van der Waals surface area contributed by atoms with Crippen LogP contribution in [0.2, 0.25) is 0 Å². The van der Waals surface area contributed by atoms with Gasteiger partial charge in [-0.1, -0.05) is 47.5 Å². The van der Waals surface area contributed by atoms with Crippen LogP contribution in [0.4, 0.5) is 0 Å². The molecule has 0 saturated heterocycles. The fourth-order valence-electron chi connectivity index (χ4n) is 2.23. The normalized spacial score (nSPS) is 11.3. The molecule has 2 amide bonds. The van der Waals surface area contributed by atoms with Crippen molar-refractivity contribution in [1.82, 2.24) is 10.6 Å². The number of carbonyl (C=O) groups is 2. The third-order valence-electron chi connectivity index (χ3n) is 3.61. The smallest absolute Gasteiger partial charge is 0.268 e. The first-order chi connectivity index (χ1) is 11.8. The Labute approximate surface area is 149 Å². The standard InChI is InChI=1S/C21H24N2O2/c1-14(2)22-21(25)19(13-17-9-5-15(3)6-10-17)23-20(24)18-11-7-16(4)8-12-18/h5-14H,1-4H3,(H,22,25)(H,23,24)/b19-13-. The van der Waals surface area contributed by atoms with Crippen molar-refractivity contribution < 1.29 is 9.59 Å². The summed E-state index contributed by atoms with van der Waals surface area (Å²) in [5.74, 6) is -0.617. The molecular formula is C21H24N2O2. The van der Waals surface area contributed by atoms with Crippen LogP contribution in [0.25, 0.3) is 6.08 Å². The van der Waals surface area contributed by atoms with E-state index in [0.717, 1.165) is 16.7 Å². The van der Waals surface area contributed by atoms with Gasteiger partial charge in [0.15, 0.2) is 0 Å². The van der Waals surface area contributed by atoms with E-state index in [2.05, 4.69) is 10.6 Å². The van der Waals surface area contributed by atoms with Gasteiger partial charge in [0.1, 0.15) is 5.70 Å². The number of aryl methyl sites for hydroxylation is 2. The first kappa shape index (κ1) is 18.5. The Morgan fingerprint density at radius 2 is 1.40 bits per heavy atom. The van der Waals surface area contributed by atoms with Gasteiger partial charge in [-0.2, -0.15) is 0 Å². The lowest BCUT2D eigenvalue weighted by molar-refractivity contribution is -0.118. The fraction of sp³-hybridized carbons (Fsp3) is 0.238. The molecule has 0 aliphatic heterocycles. The van der Waals surface area contributed by atoms with Crippen LogP contribution in [-0.2, 0) is 4.79 Å². The maximum Gasteiger partial charge on any atom is 0.268 e. The zero-order chi connectivity index (χ0) is 18.4. The molecule has 0 heterocycles. The molecule has 0 aromatic heterocycles. The summed E-state index contributed by atoms with van der Waals surface area (Å²) in [6.07, 6.45) is 1.68. The highest BCUT2D eigenvalue weighted by Crippen LogP contribution is 2.10. The van der Waals surface area contributed by atoms with E-state index in [0.29, 0.717) is 5.56 Å². The Kier molecular flexibility index (Phi) is 6.12. The molecular weight excluding hydrogens is 312 g/mol. The molecule has 25 heavy (non-hydrogen) atoms. The fourth-order valence-corrected chi connectivity index (χ4v) is 2.23. The Balaban J connectivity index is 2.27. The van der Waals surface area contributed by atoms with Gasteiger partial charge in [-0.3, -0.25) is 9.59 Å². The lowest BCUT2D eigenvalue weighted by Gasteiger charge is -2.13. The molecule has 0 saturated carbocycles. The molecule has 130 valence electrons. The second-order valence-electron chi connectivity index (χ2n) is 6.42. The highest BCUT2D eigenvalue weighted by atomic mass is 16.2. The van der Waals surface area contributed by atoms with Gasteiger partial charge in [0, 0.05) is 11.6 Å². The molecule has 0 fully saturated rings. The van der Waals surface area contributed by atoms with Crippen molar-refractivity contribution in [3.05, 3.63) is 76.5 Å². The minimum Gasteiger partial charge on any atom is -0.349 e. The molecule has 2 rings (SSSR count). The maximum absolute atomic E-state index is 12.5. The third-order valence-corrected chi connectivity index (χ3v) is 3.61. The van der Waals surface area contributed by atoms with E-state index in [-0.39, 0.29) is 23.6 Å². The molecule has 2 N–H and O–H groups in total. The zero-order valence-electron chi connectivity index (χ0n) is 15.1. The molecule has 0 spiro atoms. The zero-order valence-corrected chi connectivity index (χ0v) is 15.1. The number of amides is 2. The van der Waals surface area contributed by atoms with Crippen LogP contribution in [0.15, 0.2) is 54.2 Å². The number of hydrogen-bond donors (Lipinski definition) is 2. The molecule has 0 aliphatic rings. The molecule has 0 atom stereocenters. The van der Waals surface area contributed by atoms with Gasteiger partial charge in [0.2, 0.25) is 0 Å². The molecule has 4 nitrogen and oxygen atoms in total. The summed E-state index contributed by atoms with van der Waals surface area (Å²) in [7, 11) is 0. The molecule has 2 aromatic carbocycles. The van der Waals surface area contributed by atoms with E-state index in [9.17, 15) is 9.59 Å². The highest BCUT2D eigenvalue weighted by molar-refractivity contribution is 6.05. The second-order valence-corrected chi connectivity index (χ2v) is 6.42. The van der Waals surface area contributed by atoms with Gasteiger partial charge >= 0.3 is 0 Å². The number of rotatable bonds is 5. The van der Waals surface area contributed by atoms with Crippen LogP contribution >= 0.6 is 0 Å². The summed E-state index contributed by atoms with van der Waals surface area (Å²) >= 11 is 0. The van der Waals surface area contributed by atoms with Crippen LogP contribution < -0.4 is 10.6 Å². The number of benzene rings is 2. The molecule has 4 heteroatoms. The average Bonchev–Trinajstić information content (AvgIpc) is 2.56. The average molecular weight is 336 g/mol. The number of carbonyl (C=O) groups excluding carboxylic acids is 2. The largest absolute Gasteiger partial charge is 0.349 e.